The van der Waals surface area contributed by atoms with E-state index in [1.807, 2.05) is 72.8 Å². The maximum atomic E-state index is 11.5. The van der Waals surface area contributed by atoms with Crippen LogP contribution in [0.2, 0.25) is 0 Å². The molecule has 0 N–H and O–H groups in total. The van der Waals surface area contributed by atoms with Crippen molar-refractivity contribution in [2.45, 2.75) is 18.4 Å². The second-order valence-electron chi connectivity index (χ2n) is 8.64. The Hall–Kier alpha value is -3.77. The molecule has 0 spiro atoms. The van der Waals surface area contributed by atoms with E-state index in [0.29, 0.717) is 19.0 Å². The van der Waals surface area contributed by atoms with Crippen LogP contribution < -0.4 is 13.7 Å². The van der Waals surface area contributed by atoms with E-state index in [1.165, 1.54) is 5.56 Å². The number of hydrogen-bond donors (Lipinski definition) is 0. The largest absolute Gasteiger partial charge is 0.492 e. The Bertz CT molecular complexity index is 1380. The van der Waals surface area contributed by atoms with Crippen molar-refractivity contribution in [2.75, 3.05) is 12.9 Å². The molecule has 35 heavy (non-hydrogen) atoms. The van der Waals surface area contributed by atoms with E-state index in [9.17, 15) is 8.42 Å². The predicted octanol–water partition coefficient (Wildman–Crippen LogP) is 5.91. The summed E-state index contributed by atoms with van der Waals surface area (Å²) in [6.07, 6.45) is 1.04. The zero-order valence-electron chi connectivity index (χ0n) is 19.3. The van der Waals surface area contributed by atoms with Crippen LogP contribution in [-0.2, 0) is 16.7 Å². The molecule has 0 radical (unpaired) electrons. The third-order valence-corrected chi connectivity index (χ3v) is 6.60. The summed E-state index contributed by atoms with van der Waals surface area (Å²) >= 11 is 0. The lowest BCUT2D eigenvalue weighted by molar-refractivity contribution is 0.245. The van der Waals surface area contributed by atoms with Crippen LogP contribution in [0.4, 0.5) is 0 Å². The normalized spacial score (nSPS) is 17.2. The van der Waals surface area contributed by atoms with E-state index in [2.05, 4.69) is 18.2 Å². The Morgan fingerprint density at radius 3 is 2.14 bits per heavy atom. The zero-order valence-corrected chi connectivity index (χ0v) is 20.1. The first kappa shape index (κ1) is 23.0. The summed E-state index contributed by atoms with van der Waals surface area (Å²) < 4.78 is 40.3. The zero-order chi connectivity index (χ0) is 24.3. The molecule has 6 heteroatoms. The van der Waals surface area contributed by atoms with Gasteiger partial charge in [-0.1, -0.05) is 78.9 Å². The molecule has 0 aliphatic carbocycles. The van der Waals surface area contributed by atoms with E-state index >= 15 is 0 Å². The predicted molar refractivity (Wildman–Crippen MR) is 136 cm³/mol. The van der Waals surface area contributed by atoms with Gasteiger partial charge in [-0.3, -0.25) is 0 Å². The highest BCUT2D eigenvalue weighted by atomic mass is 32.2. The summed E-state index contributed by atoms with van der Waals surface area (Å²) in [4.78, 5) is 0. The Morgan fingerprint density at radius 2 is 1.46 bits per heavy atom. The van der Waals surface area contributed by atoms with E-state index < -0.39 is 10.1 Å². The maximum absolute atomic E-state index is 11.5. The number of hydrogen-bond acceptors (Lipinski definition) is 5. The van der Waals surface area contributed by atoms with Gasteiger partial charge in [-0.2, -0.15) is 8.42 Å². The molecule has 178 valence electrons. The van der Waals surface area contributed by atoms with Gasteiger partial charge in [0.25, 0.3) is 0 Å². The van der Waals surface area contributed by atoms with Crippen LogP contribution >= 0.6 is 0 Å². The molecule has 0 amide bonds. The van der Waals surface area contributed by atoms with Crippen molar-refractivity contribution in [3.05, 3.63) is 125 Å². The first-order valence-corrected chi connectivity index (χ1v) is 13.3. The molecule has 0 aromatic heterocycles. The van der Waals surface area contributed by atoms with Gasteiger partial charge in [0.2, 0.25) is 0 Å². The van der Waals surface area contributed by atoms with Gasteiger partial charge >= 0.3 is 10.1 Å². The maximum Gasteiger partial charge on any atom is 0.306 e. The SMILES string of the molecule is CS(=O)(=O)Oc1ccc(C2c3ccc(OCc4ccccc4)cc3OCC2c2ccccc2)cc1. The monoisotopic (exact) mass is 486 g/mol. The fourth-order valence-corrected chi connectivity index (χ4v) is 4.99. The van der Waals surface area contributed by atoms with Crippen molar-refractivity contribution in [1.29, 1.82) is 0 Å². The fraction of sp³-hybridized carbons (Fsp3) is 0.172. The molecule has 1 aliphatic rings. The number of benzene rings is 4. The highest BCUT2D eigenvalue weighted by molar-refractivity contribution is 7.86. The minimum absolute atomic E-state index is 0.0246. The van der Waals surface area contributed by atoms with Gasteiger partial charge in [-0.05, 0) is 34.9 Å². The molecule has 0 bridgehead atoms. The second kappa shape index (κ2) is 9.84. The summed E-state index contributed by atoms with van der Waals surface area (Å²) in [5.74, 6) is 1.97. The average molecular weight is 487 g/mol. The summed E-state index contributed by atoms with van der Waals surface area (Å²) in [7, 11) is -3.58. The third kappa shape index (κ3) is 5.49. The van der Waals surface area contributed by atoms with Crippen molar-refractivity contribution in [3.8, 4) is 17.2 Å². The van der Waals surface area contributed by atoms with Crippen LogP contribution in [0.1, 0.15) is 34.1 Å². The van der Waals surface area contributed by atoms with Gasteiger partial charge in [0.15, 0.2) is 0 Å². The molecular weight excluding hydrogens is 460 g/mol. The lowest BCUT2D eigenvalue weighted by atomic mass is 9.76. The third-order valence-electron chi connectivity index (χ3n) is 6.10. The smallest absolute Gasteiger partial charge is 0.306 e. The van der Waals surface area contributed by atoms with Gasteiger partial charge in [0.1, 0.15) is 23.9 Å². The molecule has 0 saturated carbocycles. The highest BCUT2D eigenvalue weighted by Crippen LogP contribution is 2.47. The molecule has 1 heterocycles. The van der Waals surface area contributed by atoms with Crippen LogP contribution in [0.25, 0.3) is 0 Å². The molecule has 1 aliphatic heterocycles. The van der Waals surface area contributed by atoms with Crippen LogP contribution in [0.15, 0.2) is 103 Å². The van der Waals surface area contributed by atoms with Gasteiger partial charge in [-0.15, -0.1) is 0 Å². The minimum Gasteiger partial charge on any atom is -0.492 e. The first-order chi connectivity index (χ1) is 17.0. The lowest BCUT2D eigenvalue weighted by Crippen LogP contribution is -2.25. The number of rotatable bonds is 7. The highest BCUT2D eigenvalue weighted by Gasteiger charge is 2.33. The Labute approximate surface area is 206 Å². The Kier molecular flexibility index (Phi) is 6.47. The van der Waals surface area contributed by atoms with E-state index in [-0.39, 0.29) is 11.8 Å². The van der Waals surface area contributed by atoms with Crippen molar-refractivity contribution in [2.24, 2.45) is 0 Å². The van der Waals surface area contributed by atoms with Gasteiger partial charge < -0.3 is 13.7 Å². The van der Waals surface area contributed by atoms with Crippen LogP contribution in [0.3, 0.4) is 0 Å². The Balaban J connectivity index is 1.47. The Morgan fingerprint density at radius 1 is 0.800 bits per heavy atom. The lowest BCUT2D eigenvalue weighted by Gasteiger charge is -2.34. The summed E-state index contributed by atoms with van der Waals surface area (Å²) in [5.41, 5.74) is 4.41. The van der Waals surface area contributed by atoms with Gasteiger partial charge in [-0.25, -0.2) is 0 Å². The summed E-state index contributed by atoms with van der Waals surface area (Å²) in [6, 6.07) is 33.6. The van der Waals surface area contributed by atoms with Crippen molar-refractivity contribution < 1.29 is 22.1 Å². The molecular formula is C29H26O5S. The molecule has 4 aromatic carbocycles. The number of fused-ring (bicyclic) bond motifs is 1. The van der Waals surface area contributed by atoms with E-state index in [0.717, 1.165) is 34.4 Å². The first-order valence-electron chi connectivity index (χ1n) is 11.4. The van der Waals surface area contributed by atoms with Gasteiger partial charge in [0.05, 0.1) is 12.9 Å². The standard InChI is InChI=1S/C29H26O5S/c1-35(30,31)34-24-14-12-23(13-15-24)29-26-17-16-25(32-19-21-8-4-2-5-9-21)18-28(26)33-20-27(29)22-10-6-3-7-11-22/h2-18,27,29H,19-20H2,1H3. The average Bonchev–Trinajstić information content (AvgIpc) is 2.87. The van der Waals surface area contributed by atoms with Crippen LogP contribution in [-0.4, -0.2) is 21.3 Å². The van der Waals surface area contributed by atoms with Gasteiger partial charge in [0, 0.05) is 23.5 Å². The van der Waals surface area contributed by atoms with E-state index in [1.54, 1.807) is 12.1 Å². The summed E-state index contributed by atoms with van der Waals surface area (Å²) in [6.45, 7) is 1.00. The van der Waals surface area contributed by atoms with Crippen molar-refractivity contribution in [1.82, 2.24) is 0 Å². The minimum atomic E-state index is -3.58. The fourth-order valence-electron chi connectivity index (χ4n) is 4.53. The topological polar surface area (TPSA) is 61.8 Å². The molecule has 2 atom stereocenters. The molecule has 5 rings (SSSR count). The number of ether oxygens (including phenoxy) is 2. The van der Waals surface area contributed by atoms with Crippen LogP contribution in [0.5, 0.6) is 17.2 Å². The second-order valence-corrected chi connectivity index (χ2v) is 10.2. The molecule has 0 fully saturated rings. The van der Waals surface area contributed by atoms with Crippen LogP contribution in [0, 0.1) is 0 Å². The van der Waals surface area contributed by atoms with Crippen molar-refractivity contribution >= 4 is 10.1 Å². The van der Waals surface area contributed by atoms with E-state index in [4.69, 9.17) is 13.7 Å². The molecule has 4 aromatic rings. The van der Waals surface area contributed by atoms with Crippen molar-refractivity contribution in [3.63, 3.8) is 0 Å². The quantitative estimate of drug-likeness (QED) is 0.304. The molecule has 5 nitrogen and oxygen atoms in total. The molecule has 0 saturated heterocycles. The molecule has 2 unspecified atom stereocenters. The summed E-state index contributed by atoms with van der Waals surface area (Å²) in [5, 5.41) is 0.